The van der Waals surface area contributed by atoms with E-state index in [0.29, 0.717) is 12.3 Å². The van der Waals surface area contributed by atoms with Crippen molar-refractivity contribution < 1.29 is 14.7 Å². The number of carboxylic acid groups (broad SMARTS) is 1. The SMILES string of the molecule is CCCN1N=C(C)C(CC(=O)O)C1=O. The highest BCUT2D eigenvalue weighted by molar-refractivity contribution is 6.08. The van der Waals surface area contributed by atoms with Gasteiger partial charge in [-0.3, -0.25) is 9.59 Å². The van der Waals surface area contributed by atoms with Crippen LogP contribution >= 0.6 is 0 Å². The molecular weight excluding hydrogens is 184 g/mol. The van der Waals surface area contributed by atoms with Gasteiger partial charge in [-0.25, -0.2) is 5.01 Å². The maximum atomic E-state index is 11.6. The molecule has 0 aromatic heterocycles. The molecule has 0 radical (unpaired) electrons. The van der Waals surface area contributed by atoms with Gasteiger partial charge >= 0.3 is 5.97 Å². The minimum Gasteiger partial charge on any atom is -0.481 e. The van der Waals surface area contributed by atoms with Crippen LogP contribution in [-0.2, 0) is 9.59 Å². The zero-order chi connectivity index (χ0) is 10.7. The Labute approximate surface area is 82.4 Å². The van der Waals surface area contributed by atoms with Gasteiger partial charge in [0.2, 0.25) is 0 Å². The Balaban J connectivity index is 2.68. The molecule has 5 heteroatoms. The van der Waals surface area contributed by atoms with Crippen molar-refractivity contribution in [1.82, 2.24) is 5.01 Å². The topological polar surface area (TPSA) is 70.0 Å². The van der Waals surface area contributed by atoms with Gasteiger partial charge in [-0.2, -0.15) is 5.10 Å². The Bertz CT molecular complexity index is 286. The normalized spacial score (nSPS) is 21.3. The van der Waals surface area contributed by atoms with Gasteiger partial charge in [0.1, 0.15) is 0 Å². The minimum atomic E-state index is -0.962. The summed E-state index contributed by atoms with van der Waals surface area (Å²) in [7, 11) is 0. The molecule has 1 aliphatic rings. The van der Waals surface area contributed by atoms with Gasteiger partial charge in [-0.05, 0) is 13.3 Å². The van der Waals surface area contributed by atoms with Gasteiger partial charge in [0.05, 0.1) is 12.3 Å². The fourth-order valence-corrected chi connectivity index (χ4v) is 1.45. The Hall–Kier alpha value is -1.39. The van der Waals surface area contributed by atoms with Crippen molar-refractivity contribution in [2.24, 2.45) is 11.0 Å². The second-order valence-corrected chi connectivity index (χ2v) is 3.35. The summed E-state index contributed by atoms with van der Waals surface area (Å²) in [5.41, 5.74) is 0.603. The van der Waals surface area contributed by atoms with Crippen LogP contribution in [0.25, 0.3) is 0 Å². The highest BCUT2D eigenvalue weighted by atomic mass is 16.4. The molecule has 0 saturated heterocycles. The van der Waals surface area contributed by atoms with Crippen LogP contribution in [-0.4, -0.2) is 34.2 Å². The monoisotopic (exact) mass is 198 g/mol. The van der Waals surface area contributed by atoms with E-state index in [4.69, 9.17) is 5.11 Å². The second-order valence-electron chi connectivity index (χ2n) is 3.35. The second kappa shape index (κ2) is 4.21. The molecule has 1 heterocycles. The molecule has 0 aromatic carbocycles. The van der Waals surface area contributed by atoms with Crippen molar-refractivity contribution in [1.29, 1.82) is 0 Å². The van der Waals surface area contributed by atoms with Crippen molar-refractivity contribution in [2.45, 2.75) is 26.7 Å². The number of carboxylic acids is 1. The quantitative estimate of drug-likeness (QED) is 0.723. The van der Waals surface area contributed by atoms with E-state index in [2.05, 4.69) is 5.10 Å². The van der Waals surface area contributed by atoms with E-state index in [1.54, 1.807) is 6.92 Å². The van der Waals surface area contributed by atoms with Crippen molar-refractivity contribution >= 4 is 17.6 Å². The molecule has 1 atom stereocenters. The largest absolute Gasteiger partial charge is 0.481 e. The molecule has 1 unspecified atom stereocenters. The number of rotatable bonds is 4. The van der Waals surface area contributed by atoms with E-state index >= 15 is 0 Å². The number of nitrogens with zero attached hydrogens (tertiary/aromatic N) is 2. The number of amides is 1. The third-order valence-electron chi connectivity index (χ3n) is 2.15. The highest BCUT2D eigenvalue weighted by Crippen LogP contribution is 2.18. The van der Waals surface area contributed by atoms with E-state index in [0.717, 1.165) is 6.42 Å². The molecule has 1 N–H and O–H groups in total. The molecular formula is C9H14N2O3. The van der Waals surface area contributed by atoms with Gasteiger partial charge in [0.15, 0.2) is 0 Å². The van der Waals surface area contributed by atoms with Crippen LogP contribution in [0.15, 0.2) is 5.10 Å². The molecule has 0 aromatic rings. The number of hydrogen-bond acceptors (Lipinski definition) is 3. The van der Waals surface area contributed by atoms with Crippen LogP contribution in [0.1, 0.15) is 26.7 Å². The minimum absolute atomic E-state index is 0.158. The molecule has 0 fully saturated rings. The molecule has 14 heavy (non-hydrogen) atoms. The highest BCUT2D eigenvalue weighted by Gasteiger charge is 2.34. The summed E-state index contributed by atoms with van der Waals surface area (Å²) in [6.07, 6.45) is 0.663. The van der Waals surface area contributed by atoms with Crippen molar-refractivity contribution in [3.8, 4) is 0 Å². The van der Waals surface area contributed by atoms with E-state index < -0.39 is 11.9 Å². The Morgan fingerprint density at radius 3 is 2.79 bits per heavy atom. The average molecular weight is 198 g/mol. The summed E-state index contributed by atoms with van der Waals surface area (Å²) in [5, 5.41) is 14.0. The molecule has 5 nitrogen and oxygen atoms in total. The molecule has 0 saturated carbocycles. The fraction of sp³-hybridized carbons (Fsp3) is 0.667. The first kappa shape index (κ1) is 10.7. The maximum absolute atomic E-state index is 11.6. The van der Waals surface area contributed by atoms with Gasteiger partial charge in [0, 0.05) is 12.3 Å². The number of hydrazone groups is 1. The maximum Gasteiger partial charge on any atom is 0.304 e. The summed E-state index contributed by atoms with van der Waals surface area (Å²) in [5.74, 6) is -1.71. The summed E-state index contributed by atoms with van der Waals surface area (Å²) < 4.78 is 0. The third-order valence-corrected chi connectivity index (χ3v) is 2.15. The standard InChI is InChI=1S/C9H14N2O3/c1-3-4-11-9(14)7(5-8(12)13)6(2)10-11/h7H,3-5H2,1-2H3,(H,12,13). The molecule has 1 rings (SSSR count). The van der Waals surface area contributed by atoms with Crippen molar-refractivity contribution in [3.05, 3.63) is 0 Å². The summed E-state index contributed by atoms with van der Waals surface area (Å²) >= 11 is 0. The first-order valence-corrected chi connectivity index (χ1v) is 4.64. The predicted molar refractivity (Wildman–Crippen MR) is 50.9 cm³/mol. The number of carbonyl (C=O) groups is 2. The first-order valence-electron chi connectivity index (χ1n) is 4.64. The van der Waals surface area contributed by atoms with Gasteiger partial charge in [0.25, 0.3) is 5.91 Å². The molecule has 78 valence electrons. The molecule has 1 amide bonds. The van der Waals surface area contributed by atoms with Gasteiger partial charge in [-0.15, -0.1) is 0 Å². The van der Waals surface area contributed by atoms with Crippen LogP contribution in [0.5, 0.6) is 0 Å². The summed E-state index contributed by atoms with van der Waals surface area (Å²) in [6.45, 7) is 4.20. The number of hydrogen-bond donors (Lipinski definition) is 1. The third kappa shape index (κ3) is 2.10. The van der Waals surface area contributed by atoms with Crippen LogP contribution in [0, 0.1) is 5.92 Å². The van der Waals surface area contributed by atoms with Gasteiger partial charge in [-0.1, -0.05) is 6.92 Å². The molecule has 0 aliphatic carbocycles. The Morgan fingerprint density at radius 2 is 2.29 bits per heavy atom. The zero-order valence-electron chi connectivity index (χ0n) is 8.36. The lowest BCUT2D eigenvalue weighted by Crippen LogP contribution is -2.29. The average Bonchev–Trinajstić information content (AvgIpc) is 2.33. The lowest BCUT2D eigenvalue weighted by Gasteiger charge is -2.11. The summed E-state index contributed by atoms with van der Waals surface area (Å²) in [4.78, 5) is 22.1. The van der Waals surface area contributed by atoms with Crippen LogP contribution < -0.4 is 0 Å². The van der Waals surface area contributed by atoms with E-state index in [1.165, 1.54) is 5.01 Å². The summed E-state index contributed by atoms with van der Waals surface area (Å²) in [6, 6.07) is 0. The lowest BCUT2D eigenvalue weighted by molar-refractivity contribution is -0.141. The van der Waals surface area contributed by atoms with Crippen molar-refractivity contribution in [2.75, 3.05) is 6.54 Å². The van der Waals surface area contributed by atoms with Crippen LogP contribution in [0.2, 0.25) is 0 Å². The van der Waals surface area contributed by atoms with Gasteiger partial charge < -0.3 is 5.11 Å². The Morgan fingerprint density at radius 1 is 1.64 bits per heavy atom. The smallest absolute Gasteiger partial charge is 0.304 e. The Kier molecular flexibility index (Phi) is 3.22. The fourth-order valence-electron chi connectivity index (χ4n) is 1.45. The lowest BCUT2D eigenvalue weighted by atomic mass is 10.0. The molecule has 0 bridgehead atoms. The first-order chi connectivity index (χ1) is 6.56. The molecule has 0 spiro atoms. The van der Waals surface area contributed by atoms with Crippen molar-refractivity contribution in [3.63, 3.8) is 0 Å². The number of carbonyl (C=O) groups excluding carboxylic acids is 1. The molecule has 1 aliphatic heterocycles. The van der Waals surface area contributed by atoms with E-state index in [9.17, 15) is 9.59 Å². The van der Waals surface area contributed by atoms with E-state index in [-0.39, 0.29) is 12.3 Å². The zero-order valence-corrected chi connectivity index (χ0v) is 8.36. The van der Waals surface area contributed by atoms with Crippen LogP contribution in [0.3, 0.4) is 0 Å². The van der Waals surface area contributed by atoms with Crippen LogP contribution in [0.4, 0.5) is 0 Å². The number of aliphatic carboxylic acids is 1. The predicted octanol–water partition coefficient (Wildman–Crippen LogP) is 0.705. The van der Waals surface area contributed by atoms with E-state index in [1.807, 2.05) is 6.92 Å².